The Hall–Kier alpha value is 0.379. The summed E-state index contributed by atoms with van der Waals surface area (Å²) in [5, 5.41) is 0. The fourth-order valence-electron chi connectivity index (χ4n) is 1.57. The van der Waals surface area contributed by atoms with Crippen molar-refractivity contribution in [1.82, 2.24) is 0 Å². The minimum Gasteiger partial charge on any atom is -0.421 e. The van der Waals surface area contributed by atoms with Crippen LogP contribution in [0.4, 0.5) is 0 Å². The number of hydrogen-bond donors (Lipinski definition) is 0. The number of rotatable bonds is 6. The van der Waals surface area contributed by atoms with E-state index >= 15 is 0 Å². The molecule has 88 valence electrons. The maximum Gasteiger partial charge on any atom is 0.322 e. The third-order valence-corrected chi connectivity index (χ3v) is 7.00. The molecule has 0 saturated heterocycles. The monoisotopic (exact) mass is 246 g/mol. The predicted octanol–water partition coefficient (Wildman–Crippen LogP) is 2.29. The molecule has 0 fully saturated rings. The van der Waals surface area contributed by atoms with Crippen LogP contribution in [0.3, 0.4) is 0 Å². The summed E-state index contributed by atoms with van der Waals surface area (Å²) in [6, 6.07) is 0. The Bertz CT molecular complexity index is 176. The van der Waals surface area contributed by atoms with Gasteiger partial charge >= 0.3 is 8.56 Å². The first kappa shape index (κ1) is 15.4. The summed E-state index contributed by atoms with van der Waals surface area (Å²) in [4.78, 5) is 0. The maximum atomic E-state index is 6.03. The second kappa shape index (κ2) is 5.63. The van der Waals surface area contributed by atoms with Crippen molar-refractivity contribution in [2.75, 3.05) is 0 Å². The Morgan fingerprint density at radius 3 is 1.60 bits per heavy atom. The van der Waals surface area contributed by atoms with Crippen LogP contribution < -0.4 is 0 Å². The van der Waals surface area contributed by atoms with E-state index < -0.39 is 17.0 Å². The van der Waals surface area contributed by atoms with Crippen LogP contribution >= 0.6 is 0 Å². The largest absolute Gasteiger partial charge is 0.421 e. The summed E-state index contributed by atoms with van der Waals surface area (Å²) in [6.07, 6.45) is 0.256. The molecular weight excluding hydrogens is 223 g/mol. The van der Waals surface area contributed by atoms with E-state index in [1.165, 1.54) is 0 Å². The van der Waals surface area contributed by atoms with Gasteiger partial charge in [-0.2, -0.15) is 0 Å². The average molecular weight is 246 g/mol. The van der Waals surface area contributed by atoms with Gasteiger partial charge in [0.25, 0.3) is 8.43 Å². The molecule has 2 radical (unpaired) electrons. The van der Waals surface area contributed by atoms with Crippen molar-refractivity contribution in [3.8, 4) is 0 Å². The SMILES string of the molecule is [B][Si](C)(OC(C)C)O[Si](C)(C)OC(C)C. The van der Waals surface area contributed by atoms with E-state index in [2.05, 4.69) is 0 Å². The molecule has 0 N–H and O–H groups in total. The van der Waals surface area contributed by atoms with E-state index in [0.717, 1.165) is 0 Å². The molecule has 0 aromatic rings. The molecule has 0 saturated carbocycles. The lowest BCUT2D eigenvalue weighted by molar-refractivity contribution is 0.151. The summed E-state index contributed by atoms with van der Waals surface area (Å²) in [5.74, 6) is 0. The molecule has 0 aromatic carbocycles. The highest BCUT2D eigenvalue weighted by atomic mass is 28.4. The molecule has 0 rings (SSSR count). The zero-order valence-corrected chi connectivity index (χ0v) is 13.0. The van der Waals surface area contributed by atoms with Crippen LogP contribution in [0.1, 0.15) is 27.7 Å². The fourth-order valence-corrected chi connectivity index (χ4v) is 7.93. The number of hydrogen-bond acceptors (Lipinski definition) is 3. The minimum absolute atomic E-state index is 0.0931. The van der Waals surface area contributed by atoms with Crippen molar-refractivity contribution in [1.29, 1.82) is 0 Å². The smallest absolute Gasteiger partial charge is 0.322 e. The first-order valence-electron chi connectivity index (χ1n) is 5.39. The van der Waals surface area contributed by atoms with Crippen LogP contribution in [-0.2, 0) is 13.0 Å². The lowest BCUT2D eigenvalue weighted by atomic mass is 10.5. The van der Waals surface area contributed by atoms with Gasteiger partial charge in [-0.3, -0.25) is 0 Å². The lowest BCUT2D eigenvalue weighted by Gasteiger charge is -2.35. The van der Waals surface area contributed by atoms with E-state index in [1.54, 1.807) is 0 Å². The summed E-state index contributed by atoms with van der Waals surface area (Å²) in [7, 11) is 1.34. The van der Waals surface area contributed by atoms with Gasteiger partial charge in [0.2, 0.25) is 0 Å². The molecule has 0 amide bonds. The van der Waals surface area contributed by atoms with E-state index in [0.29, 0.717) is 0 Å². The first-order valence-corrected chi connectivity index (χ1v) is 10.6. The van der Waals surface area contributed by atoms with Gasteiger partial charge in [-0.25, -0.2) is 0 Å². The Morgan fingerprint density at radius 2 is 1.27 bits per heavy atom. The van der Waals surface area contributed by atoms with Crippen molar-refractivity contribution in [2.45, 2.75) is 59.5 Å². The highest BCUT2D eigenvalue weighted by Gasteiger charge is 2.36. The Kier molecular flexibility index (Phi) is 5.77. The third kappa shape index (κ3) is 8.21. The molecule has 0 aromatic heterocycles. The van der Waals surface area contributed by atoms with Gasteiger partial charge in [0.1, 0.15) is 7.44 Å². The zero-order valence-electron chi connectivity index (χ0n) is 11.0. The van der Waals surface area contributed by atoms with E-state index in [1.807, 2.05) is 47.3 Å². The second-order valence-electron chi connectivity index (χ2n) is 4.85. The molecule has 0 heterocycles. The van der Waals surface area contributed by atoms with Gasteiger partial charge < -0.3 is 13.0 Å². The molecule has 0 aliphatic rings. The minimum atomic E-state index is -2.53. The van der Waals surface area contributed by atoms with Gasteiger partial charge in [0.05, 0.1) is 0 Å². The van der Waals surface area contributed by atoms with E-state index in [4.69, 9.17) is 20.4 Å². The van der Waals surface area contributed by atoms with Gasteiger partial charge in [-0.1, -0.05) is 0 Å². The Balaban J connectivity index is 4.29. The summed E-state index contributed by atoms with van der Waals surface area (Å²) >= 11 is 0. The van der Waals surface area contributed by atoms with Gasteiger partial charge in [-0.05, 0) is 47.3 Å². The van der Waals surface area contributed by atoms with Gasteiger partial charge in [0.15, 0.2) is 0 Å². The van der Waals surface area contributed by atoms with E-state index in [-0.39, 0.29) is 12.2 Å². The maximum absolute atomic E-state index is 6.03. The molecule has 1 unspecified atom stereocenters. The zero-order chi connectivity index (χ0) is 12.3. The predicted molar refractivity (Wildman–Crippen MR) is 68.4 cm³/mol. The summed E-state index contributed by atoms with van der Waals surface area (Å²) < 4.78 is 17.2. The van der Waals surface area contributed by atoms with Crippen LogP contribution in [0.2, 0.25) is 19.6 Å². The van der Waals surface area contributed by atoms with Crippen LogP contribution in [0, 0.1) is 0 Å². The van der Waals surface area contributed by atoms with Crippen molar-refractivity contribution < 1.29 is 13.0 Å². The molecule has 0 aliphatic heterocycles. The van der Waals surface area contributed by atoms with Crippen LogP contribution in [0.15, 0.2) is 0 Å². The molecule has 6 heteroatoms. The molecule has 0 spiro atoms. The Morgan fingerprint density at radius 1 is 0.867 bits per heavy atom. The van der Waals surface area contributed by atoms with Crippen LogP contribution in [0.5, 0.6) is 0 Å². The van der Waals surface area contributed by atoms with Crippen LogP contribution in [-0.4, -0.2) is 36.6 Å². The normalized spacial score (nSPS) is 17.1. The molecule has 1 atom stereocenters. The molecule has 15 heavy (non-hydrogen) atoms. The Labute approximate surface area is 97.3 Å². The quantitative estimate of drug-likeness (QED) is 0.673. The molecular formula is C9H23BO3Si2. The first-order chi connectivity index (χ1) is 6.54. The molecule has 3 nitrogen and oxygen atoms in total. The fraction of sp³-hybridized carbons (Fsp3) is 1.00. The van der Waals surface area contributed by atoms with Crippen molar-refractivity contribution in [3.63, 3.8) is 0 Å². The highest BCUT2D eigenvalue weighted by Crippen LogP contribution is 2.17. The average Bonchev–Trinajstić information content (AvgIpc) is 1.73. The van der Waals surface area contributed by atoms with Crippen molar-refractivity contribution in [2.24, 2.45) is 0 Å². The second-order valence-corrected chi connectivity index (χ2v) is 11.0. The third-order valence-electron chi connectivity index (χ3n) is 1.44. The molecule has 0 aliphatic carbocycles. The van der Waals surface area contributed by atoms with Gasteiger partial charge in [-0.15, -0.1) is 0 Å². The summed E-state index contributed by atoms with van der Waals surface area (Å²) in [5.41, 5.74) is 0. The lowest BCUT2D eigenvalue weighted by Crippen LogP contribution is -2.52. The summed E-state index contributed by atoms with van der Waals surface area (Å²) in [6.45, 7) is 13.8. The molecule has 0 bridgehead atoms. The standard InChI is InChI=1S/C9H23BO3Si2/c1-8(2)11-14(5,6)13-15(7,10)12-9(3)4/h8-9H,1-7H3. The van der Waals surface area contributed by atoms with Crippen molar-refractivity contribution in [3.05, 3.63) is 0 Å². The van der Waals surface area contributed by atoms with Gasteiger partial charge in [0, 0.05) is 12.2 Å². The van der Waals surface area contributed by atoms with Crippen molar-refractivity contribution >= 4 is 24.4 Å². The van der Waals surface area contributed by atoms with Crippen LogP contribution in [0.25, 0.3) is 0 Å². The van der Waals surface area contributed by atoms with E-state index in [9.17, 15) is 0 Å². The topological polar surface area (TPSA) is 27.7 Å². The highest BCUT2D eigenvalue weighted by molar-refractivity contribution is 7.11.